The number of amides is 1. The van der Waals surface area contributed by atoms with E-state index in [0.29, 0.717) is 15.9 Å². The first kappa shape index (κ1) is 21.4. The maximum atomic E-state index is 14.0. The van der Waals surface area contributed by atoms with Crippen LogP contribution in [0.25, 0.3) is 0 Å². The zero-order chi connectivity index (χ0) is 23.1. The number of carbonyl (C=O) groups excluding carboxylic acids is 1. The number of anilines is 1. The highest BCUT2D eigenvalue weighted by atomic mass is 35.5. The molecule has 4 nitrogen and oxygen atoms in total. The Bertz CT molecular complexity index is 1400. The number of halogens is 3. The lowest BCUT2D eigenvalue weighted by molar-refractivity contribution is 0.0977. The molecular weight excluding hydrogens is 462 g/mol. The van der Waals surface area contributed by atoms with Crippen molar-refractivity contribution in [1.82, 2.24) is 4.57 Å². The number of fused-ring (bicyclic) bond motifs is 1. The van der Waals surface area contributed by atoms with Crippen LogP contribution in [0, 0.1) is 5.82 Å². The van der Waals surface area contributed by atoms with Crippen LogP contribution in [0.4, 0.5) is 10.2 Å². The van der Waals surface area contributed by atoms with Crippen LogP contribution >= 0.6 is 23.2 Å². The lowest BCUT2D eigenvalue weighted by Gasteiger charge is -2.28. The van der Waals surface area contributed by atoms with E-state index in [1.165, 1.54) is 24.3 Å². The van der Waals surface area contributed by atoms with E-state index in [1.807, 2.05) is 24.3 Å². The molecule has 1 aliphatic rings. The van der Waals surface area contributed by atoms with Gasteiger partial charge in [-0.3, -0.25) is 19.1 Å². The summed E-state index contributed by atoms with van der Waals surface area (Å²) >= 11 is 12.2. The molecule has 0 unspecified atom stereocenters. The van der Waals surface area contributed by atoms with Crippen molar-refractivity contribution in [3.8, 4) is 0 Å². The SMILES string of the molecule is O=C(c1cccc(F)c1)N1c2cccc(=O)n2[C@@H](c2ccc(Cl)cc2)[C@H]1c1ccc(Cl)cc1. The molecule has 33 heavy (non-hydrogen) atoms. The fraction of sp³-hybridized carbons (Fsp3) is 0.0769. The van der Waals surface area contributed by atoms with Crippen molar-refractivity contribution in [2.75, 3.05) is 4.90 Å². The van der Waals surface area contributed by atoms with Crippen molar-refractivity contribution in [1.29, 1.82) is 0 Å². The molecule has 5 rings (SSSR count). The van der Waals surface area contributed by atoms with Crippen molar-refractivity contribution in [3.05, 3.63) is 134 Å². The first-order valence-electron chi connectivity index (χ1n) is 10.3. The van der Waals surface area contributed by atoms with Crippen molar-refractivity contribution < 1.29 is 9.18 Å². The summed E-state index contributed by atoms with van der Waals surface area (Å²) < 4.78 is 15.6. The quantitative estimate of drug-likeness (QED) is 0.347. The maximum Gasteiger partial charge on any atom is 0.260 e. The number of pyridine rings is 1. The predicted octanol–water partition coefficient (Wildman–Crippen LogP) is 6.29. The molecular formula is C26H17Cl2FN2O2. The number of hydrogen-bond acceptors (Lipinski definition) is 2. The summed E-state index contributed by atoms with van der Waals surface area (Å²) in [5, 5.41) is 1.12. The van der Waals surface area contributed by atoms with Gasteiger partial charge in [0.1, 0.15) is 11.6 Å². The van der Waals surface area contributed by atoms with Gasteiger partial charge in [0.25, 0.3) is 11.5 Å². The Morgan fingerprint density at radius 3 is 1.94 bits per heavy atom. The molecule has 0 spiro atoms. The van der Waals surface area contributed by atoms with Crippen LogP contribution in [0.1, 0.15) is 33.6 Å². The Morgan fingerprint density at radius 2 is 1.33 bits per heavy atom. The summed E-state index contributed by atoms with van der Waals surface area (Å²) in [6.07, 6.45) is 0. The van der Waals surface area contributed by atoms with Crippen LogP contribution in [0.15, 0.2) is 95.8 Å². The molecule has 7 heteroatoms. The molecule has 4 aromatic rings. The average molecular weight is 479 g/mol. The summed E-state index contributed by atoms with van der Waals surface area (Å²) in [7, 11) is 0. The Balaban J connectivity index is 1.76. The maximum absolute atomic E-state index is 14.0. The molecule has 164 valence electrons. The molecule has 0 bridgehead atoms. The fourth-order valence-electron chi connectivity index (χ4n) is 4.36. The largest absolute Gasteiger partial charge is 0.284 e. The molecule has 1 amide bonds. The number of aromatic nitrogens is 1. The van der Waals surface area contributed by atoms with Gasteiger partial charge in [-0.1, -0.05) is 59.6 Å². The van der Waals surface area contributed by atoms with E-state index >= 15 is 0 Å². The van der Waals surface area contributed by atoms with Gasteiger partial charge in [0.15, 0.2) is 0 Å². The van der Waals surface area contributed by atoms with E-state index in [0.717, 1.165) is 11.1 Å². The Kier molecular flexibility index (Phi) is 5.52. The molecule has 0 N–H and O–H groups in total. The smallest absolute Gasteiger partial charge is 0.260 e. The van der Waals surface area contributed by atoms with Crippen molar-refractivity contribution in [3.63, 3.8) is 0 Å². The first-order chi connectivity index (χ1) is 15.9. The monoisotopic (exact) mass is 478 g/mol. The van der Waals surface area contributed by atoms with Crippen LogP contribution < -0.4 is 10.5 Å². The molecule has 0 fully saturated rings. The van der Waals surface area contributed by atoms with E-state index in [9.17, 15) is 14.0 Å². The minimum Gasteiger partial charge on any atom is -0.284 e. The van der Waals surface area contributed by atoms with Gasteiger partial charge in [-0.25, -0.2) is 4.39 Å². The minimum atomic E-state index is -0.575. The Labute approximate surface area is 199 Å². The standard InChI is InChI=1S/C26H17Cl2FN2O2/c27-19-11-7-16(8-12-19)24-25(17-9-13-20(28)14-10-17)31(22-5-2-6-23(32)30(22)24)26(33)18-3-1-4-21(29)15-18/h1-15,24-25H/t24-,25+/m0/s1. The van der Waals surface area contributed by atoms with Crippen LogP contribution in [-0.4, -0.2) is 10.5 Å². The van der Waals surface area contributed by atoms with Gasteiger partial charge >= 0.3 is 0 Å². The number of rotatable bonds is 3. The second-order valence-corrected chi connectivity index (χ2v) is 8.64. The van der Waals surface area contributed by atoms with Crippen LogP contribution in [0.2, 0.25) is 10.0 Å². The molecule has 0 radical (unpaired) electrons. The third-order valence-electron chi connectivity index (χ3n) is 5.78. The summed E-state index contributed by atoms with van der Waals surface area (Å²) in [5.74, 6) is -0.496. The summed E-state index contributed by atoms with van der Waals surface area (Å²) in [6.45, 7) is 0. The molecule has 2 atom stereocenters. The Hall–Kier alpha value is -3.41. The highest BCUT2D eigenvalue weighted by Gasteiger charge is 2.44. The third-order valence-corrected chi connectivity index (χ3v) is 6.29. The molecule has 1 aliphatic heterocycles. The van der Waals surface area contributed by atoms with Crippen molar-refractivity contribution in [2.24, 2.45) is 0 Å². The second-order valence-electron chi connectivity index (χ2n) is 7.77. The average Bonchev–Trinajstić information content (AvgIpc) is 3.16. The summed E-state index contributed by atoms with van der Waals surface area (Å²) in [4.78, 5) is 28.4. The number of benzene rings is 3. The van der Waals surface area contributed by atoms with Crippen molar-refractivity contribution >= 4 is 34.9 Å². The lowest BCUT2D eigenvalue weighted by Crippen LogP contribution is -2.33. The van der Waals surface area contributed by atoms with E-state index in [-0.39, 0.29) is 11.1 Å². The zero-order valence-corrected chi connectivity index (χ0v) is 18.7. The second kappa shape index (κ2) is 8.50. The minimum absolute atomic E-state index is 0.188. The van der Waals surface area contributed by atoms with E-state index in [4.69, 9.17) is 23.2 Å². The predicted molar refractivity (Wildman–Crippen MR) is 128 cm³/mol. The van der Waals surface area contributed by atoms with Crippen LogP contribution in [0.3, 0.4) is 0 Å². The highest BCUT2D eigenvalue weighted by Crippen LogP contribution is 2.47. The van der Waals surface area contributed by atoms with E-state index in [2.05, 4.69) is 0 Å². The van der Waals surface area contributed by atoms with Crippen LogP contribution in [0.5, 0.6) is 0 Å². The van der Waals surface area contributed by atoms with Crippen molar-refractivity contribution in [2.45, 2.75) is 12.1 Å². The summed E-state index contributed by atoms with van der Waals surface area (Å²) in [5.41, 5.74) is 1.53. The van der Waals surface area contributed by atoms with Gasteiger partial charge in [-0.2, -0.15) is 0 Å². The number of nitrogens with zero attached hydrogens (tertiary/aromatic N) is 2. The van der Waals surface area contributed by atoms with Gasteiger partial charge < -0.3 is 0 Å². The van der Waals surface area contributed by atoms with E-state index < -0.39 is 23.8 Å². The Morgan fingerprint density at radius 1 is 0.758 bits per heavy atom. The summed E-state index contributed by atoms with van der Waals surface area (Å²) in [6, 6.07) is 23.6. The first-order valence-corrected chi connectivity index (χ1v) is 11.0. The number of carbonyl (C=O) groups is 1. The lowest BCUT2D eigenvalue weighted by atomic mass is 9.93. The molecule has 2 heterocycles. The van der Waals surface area contributed by atoms with Gasteiger partial charge in [-0.15, -0.1) is 0 Å². The molecule has 0 aliphatic carbocycles. The number of hydrogen-bond donors (Lipinski definition) is 0. The van der Waals surface area contributed by atoms with Crippen LogP contribution in [-0.2, 0) is 0 Å². The van der Waals surface area contributed by atoms with Gasteiger partial charge in [0.05, 0.1) is 12.1 Å². The fourth-order valence-corrected chi connectivity index (χ4v) is 4.62. The topological polar surface area (TPSA) is 42.3 Å². The molecule has 1 aromatic heterocycles. The normalized spacial score (nSPS) is 17.1. The molecule has 0 saturated carbocycles. The van der Waals surface area contributed by atoms with E-state index in [1.54, 1.807) is 51.9 Å². The zero-order valence-electron chi connectivity index (χ0n) is 17.2. The van der Waals surface area contributed by atoms with Gasteiger partial charge in [0, 0.05) is 21.7 Å². The molecule has 3 aromatic carbocycles. The van der Waals surface area contributed by atoms with Gasteiger partial charge in [0.2, 0.25) is 0 Å². The molecule has 0 saturated heterocycles. The highest BCUT2D eigenvalue weighted by molar-refractivity contribution is 6.30. The third kappa shape index (κ3) is 3.84. The van der Waals surface area contributed by atoms with Gasteiger partial charge in [-0.05, 0) is 59.7 Å².